The number of aromatic nitrogens is 7. The molecule has 3 aromatic heterocycles. The average Bonchev–Trinajstić information content (AvgIpc) is 3.76. The SMILES string of the molecule is CC1=NC(C)ON1.CC1=NCCN1.CC1=NCON1C.Cc1n[nH]c(C)n1.Cc1noc(=O)[nH]1.Cc1noc(C)n1. The van der Waals surface area contributed by atoms with E-state index in [1.54, 1.807) is 25.8 Å². The lowest BCUT2D eigenvalue weighted by Gasteiger charge is -2.05. The Bertz CT molecular complexity index is 1220. The number of aryl methyl sites for hydroxylation is 5. The Morgan fingerprint density at radius 2 is 1.61 bits per heavy atom. The van der Waals surface area contributed by atoms with Crippen LogP contribution in [0.1, 0.15) is 56.9 Å². The number of aromatic amines is 2. The first-order valence-corrected chi connectivity index (χ1v) is 12.6. The Balaban J connectivity index is 0.000000246. The van der Waals surface area contributed by atoms with Crippen molar-refractivity contribution in [1.29, 1.82) is 0 Å². The minimum Gasteiger partial charge on any atom is -0.372 e. The maximum absolute atomic E-state index is 10.0. The van der Waals surface area contributed by atoms with Crippen molar-refractivity contribution in [2.75, 3.05) is 26.9 Å². The highest BCUT2D eigenvalue weighted by Crippen LogP contribution is 1.97. The number of nitrogens with one attached hydrogen (secondary N) is 4. The van der Waals surface area contributed by atoms with Gasteiger partial charge in [-0.25, -0.2) is 34.5 Å². The van der Waals surface area contributed by atoms with Crippen LogP contribution < -0.4 is 16.6 Å². The summed E-state index contributed by atoms with van der Waals surface area (Å²) in [6.07, 6.45) is -0.000000000000000222. The number of rotatable bonds is 0. The monoisotopic (exact) mass is 579 g/mol. The lowest BCUT2D eigenvalue weighted by Crippen LogP contribution is -2.16. The second-order valence-corrected chi connectivity index (χ2v) is 8.40. The fourth-order valence-electron chi connectivity index (χ4n) is 2.57. The fraction of sp³-hybridized carbons (Fsp3) is 0.609. The lowest BCUT2D eigenvalue weighted by atomic mass is 10.6. The molecule has 18 heteroatoms. The van der Waals surface area contributed by atoms with Crippen molar-refractivity contribution in [1.82, 2.24) is 51.3 Å². The molecule has 0 spiro atoms. The maximum Gasteiger partial charge on any atom is 0.438 e. The molecule has 3 aromatic rings. The molecule has 0 aromatic carbocycles. The average molecular weight is 580 g/mol. The van der Waals surface area contributed by atoms with Crippen LogP contribution in [0.15, 0.2) is 28.8 Å². The van der Waals surface area contributed by atoms with Crippen molar-refractivity contribution >= 4 is 17.5 Å². The van der Waals surface area contributed by atoms with E-state index in [1.807, 2.05) is 48.6 Å². The summed E-state index contributed by atoms with van der Waals surface area (Å²) in [4.78, 5) is 41.7. The highest BCUT2D eigenvalue weighted by Gasteiger charge is 2.06. The van der Waals surface area contributed by atoms with E-state index < -0.39 is 5.76 Å². The van der Waals surface area contributed by atoms with Gasteiger partial charge in [-0.05, 0) is 55.4 Å². The molecule has 1 atom stereocenters. The van der Waals surface area contributed by atoms with E-state index in [0.29, 0.717) is 24.3 Å². The van der Waals surface area contributed by atoms with Crippen LogP contribution in [0.5, 0.6) is 0 Å². The molecule has 1 unspecified atom stereocenters. The van der Waals surface area contributed by atoms with Gasteiger partial charge in [0.25, 0.3) is 0 Å². The topological polar surface area (TPSA) is 222 Å². The van der Waals surface area contributed by atoms with Gasteiger partial charge in [0.2, 0.25) is 5.89 Å². The van der Waals surface area contributed by atoms with Gasteiger partial charge < -0.3 is 9.84 Å². The lowest BCUT2D eigenvalue weighted by molar-refractivity contribution is -0.0547. The molecule has 41 heavy (non-hydrogen) atoms. The highest BCUT2D eigenvalue weighted by molar-refractivity contribution is 5.80. The van der Waals surface area contributed by atoms with Crippen LogP contribution in [0.3, 0.4) is 0 Å². The predicted octanol–water partition coefficient (Wildman–Crippen LogP) is 1.31. The number of aliphatic imine (C=N–C) groups is 3. The molecule has 6 rings (SSSR count). The first-order chi connectivity index (χ1) is 19.3. The quantitative estimate of drug-likeness (QED) is 0.295. The predicted molar refractivity (Wildman–Crippen MR) is 151 cm³/mol. The molecule has 228 valence electrons. The van der Waals surface area contributed by atoms with Crippen molar-refractivity contribution in [3.8, 4) is 0 Å². The van der Waals surface area contributed by atoms with Gasteiger partial charge in [0, 0.05) is 20.5 Å². The summed E-state index contributed by atoms with van der Waals surface area (Å²) < 4.78 is 8.71. The minimum absolute atomic E-state index is 0.000000000000000222. The zero-order valence-electron chi connectivity index (χ0n) is 25.3. The molecule has 18 nitrogen and oxygen atoms in total. The van der Waals surface area contributed by atoms with Gasteiger partial charge in [-0.15, -0.1) is 0 Å². The number of hydroxylamine groups is 3. The van der Waals surface area contributed by atoms with Crippen LogP contribution in [-0.2, 0) is 9.68 Å². The standard InChI is InChI=1S/C4H7N3.2C4H8N2O.C4H6N2O.C4H8N2.C3H4N2O2/c1-3-5-4(2)7-6-3;1-4-5-3-7-6(4)2;2*1-3-5-4(2)7-6-3;1-4-5-2-3-6-4;1-2-4-3(6)7-5-2/h1-2H3,(H,5,6,7);3H2,1-2H3;4H,1-2H3,(H,5,6);1-2H3;2-3H2,1H3,(H,5,6);1H3,(H,4,5,6). The third kappa shape index (κ3) is 17.0. The molecule has 3 aliphatic rings. The van der Waals surface area contributed by atoms with E-state index in [-0.39, 0.29) is 6.23 Å². The summed E-state index contributed by atoms with van der Waals surface area (Å²) in [5, 5.41) is 18.0. The molecule has 0 fully saturated rings. The Labute approximate surface area is 238 Å². The van der Waals surface area contributed by atoms with Crippen LogP contribution in [0, 0.1) is 34.6 Å². The number of amidine groups is 3. The van der Waals surface area contributed by atoms with Crippen LogP contribution in [0.25, 0.3) is 0 Å². The second kappa shape index (κ2) is 18.8. The Kier molecular flexibility index (Phi) is 15.8. The van der Waals surface area contributed by atoms with Gasteiger partial charge >= 0.3 is 5.76 Å². The smallest absolute Gasteiger partial charge is 0.372 e. The van der Waals surface area contributed by atoms with Gasteiger partial charge in [-0.1, -0.05) is 10.3 Å². The molecular formula is C23H41N13O5. The van der Waals surface area contributed by atoms with E-state index in [2.05, 4.69) is 70.3 Å². The van der Waals surface area contributed by atoms with Crippen molar-refractivity contribution in [3.05, 3.63) is 39.7 Å². The largest absolute Gasteiger partial charge is 0.438 e. The van der Waals surface area contributed by atoms with Gasteiger partial charge in [0.15, 0.2) is 18.8 Å². The van der Waals surface area contributed by atoms with Crippen molar-refractivity contribution < 1.29 is 18.7 Å². The molecule has 0 radical (unpaired) electrons. The third-order valence-electron chi connectivity index (χ3n) is 4.48. The third-order valence-corrected chi connectivity index (χ3v) is 4.48. The molecule has 0 amide bonds. The number of hydrogen-bond acceptors (Lipinski definition) is 16. The van der Waals surface area contributed by atoms with E-state index in [1.165, 1.54) is 0 Å². The first kappa shape index (κ1) is 34.6. The van der Waals surface area contributed by atoms with Crippen LogP contribution in [0.2, 0.25) is 0 Å². The maximum atomic E-state index is 10.0. The first-order valence-electron chi connectivity index (χ1n) is 12.6. The Morgan fingerprint density at radius 1 is 0.878 bits per heavy atom. The van der Waals surface area contributed by atoms with E-state index >= 15 is 0 Å². The van der Waals surface area contributed by atoms with Crippen molar-refractivity contribution in [2.45, 2.75) is 68.5 Å². The minimum atomic E-state index is -0.502. The molecule has 0 bridgehead atoms. The summed E-state index contributed by atoms with van der Waals surface area (Å²) in [5.74, 6) is 5.87. The highest BCUT2D eigenvalue weighted by atomic mass is 16.7. The van der Waals surface area contributed by atoms with Crippen molar-refractivity contribution in [2.24, 2.45) is 15.0 Å². The van der Waals surface area contributed by atoms with Gasteiger partial charge in [-0.3, -0.25) is 25.1 Å². The normalized spacial score (nSPS) is 16.2. The second-order valence-electron chi connectivity index (χ2n) is 8.40. The summed E-state index contributed by atoms with van der Waals surface area (Å²) in [5.41, 5.74) is 2.62. The van der Waals surface area contributed by atoms with E-state index in [0.717, 1.165) is 42.2 Å². The molecule has 0 aliphatic carbocycles. The zero-order valence-corrected chi connectivity index (χ0v) is 25.3. The Hall–Kier alpha value is -4.45. The molecule has 0 saturated carbocycles. The van der Waals surface area contributed by atoms with Crippen LogP contribution >= 0.6 is 0 Å². The number of H-pyrrole nitrogens is 2. The summed E-state index contributed by atoms with van der Waals surface area (Å²) in [7, 11) is 1.84. The molecular weight excluding hydrogens is 538 g/mol. The molecule has 6 heterocycles. The van der Waals surface area contributed by atoms with Gasteiger partial charge in [-0.2, -0.15) is 10.1 Å². The number of hydrogen-bond donors (Lipinski definition) is 4. The summed E-state index contributed by atoms with van der Waals surface area (Å²) in [6, 6.07) is 0. The molecule has 3 aliphatic heterocycles. The molecule has 0 saturated heterocycles. The Morgan fingerprint density at radius 3 is 1.76 bits per heavy atom. The van der Waals surface area contributed by atoms with Crippen molar-refractivity contribution in [3.63, 3.8) is 0 Å². The summed E-state index contributed by atoms with van der Waals surface area (Å²) >= 11 is 0. The number of nitrogens with zero attached hydrogens (tertiary/aromatic N) is 9. The van der Waals surface area contributed by atoms with Crippen LogP contribution in [-0.4, -0.2) is 91.1 Å². The van der Waals surface area contributed by atoms with E-state index in [4.69, 9.17) is 9.68 Å². The van der Waals surface area contributed by atoms with Gasteiger partial charge in [0.05, 0.1) is 12.4 Å². The van der Waals surface area contributed by atoms with E-state index in [9.17, 15) is 4.79 Å². The van der Waals surface area contributed by atoms with Gasteiger partial charge in [0.1, 0.15) is 29.1 Å². The zero-order chi connectivity index (χ0) is 30.8. The van der Waals surface area contributed by atoms with Crippen LogP contribution in [0.4, 0.5) is 0 Å². The summed E-state index contributed by atoms with van der Waals surface area (Å²) in [6.45, 7) is 19.0. The molecule has 4 N–H and O–H groups in total. The fourth-order valence-corrected chi connectivity index (χ4v) is 2.57.